The fourth-order valence-electron chi connectivity index (χ4n) is 4.32. The van der Waals surface area contributed by atoms with Crippen molar-refractivity contribution >= 4 is 17.8 Å². The summed E-state index contributed by atoms with van der Waals surface area (Å²) in [6, 6.07) is 13.7. The van der Waals surface area contributed by atoms with Crippen LogP contribution < -0.4 is 14.8 Å². The molecule has 2 aliphatic heterocycles. The van der Waals surface area contributed by atoms with Gasteiger partial charge in [-0.2, -0.15) is 0 Å². The van der Waals surface area contributed by atoms with Crippen molar-refractivity contribution in [2.45, 2.75) is 25.5 Å². The van der Waals surface area contributed by atoms with Crippen LogP contribution in [0.4, 0.5) is 4.79 Å². The number of urea groups is 1. The van der Waals surface area contributed by atoms with Crippen molar-refractivity contribution in [1.82, 2.24) is 35.3 Å². The number of likely N-dealkylation sites (N-methyl/N-ethyl adjacent to an activating group) is 1. The first-order chi connectivity index (χ1) is 17.4. The molecule has 0 saturated carbocycles. The second-order valence-electron chi connectivity index (χ2n) is 8.68. The average Bonchev–Trinajstić information content (AvgIpc) is 3.51. The van der Waals surface area contributed by atoms with Gasteiger partial charge in [-0.25, -0.2) is 9.48 Å². The number of hydrogen-bond donors (Lipinski definition) is 1. The van der Waals surface area contributed by atoms with Crippen LogP contribution in [-0.2, 0) is 15.1 Å². The molecule has 2 aliphatic rings. The molecule has 36 heavy (non-hydrogen) atoms. The van der Waals surface area contributed by atoms with E-state index in [2.05, 4.69) is 20.8 Å². The highest BCUT2D eigenvalue weighted by Gasteiger charge is 2.50. The number of nitrogens with one attached hydrogen (secondary N) is 1. The predicted octanol–water partition coefficient (Wildman–Crippen LogP) is 1.12. The quantitative estimate of drug-likeness (QED) is 0.487. The number of imide groups is 1. The third kappa shape index (κ3) is 4.21. The van der Waals surface area contributed by atoms with Crippen LogP contribution in [0.1, 0.15) is 19.4 Å². The summed E-state index contributed by atoms with van der Waals surface area (Å²) in [5.74, 6) is 0.393. The minimum atomic E-state index is -1.34. The number of amides is 4. The largest absolute Gasteiger partial charge is 0.486 e. The Morgan fingerprint density at radius 1 is 1.19 bits per heavy atom. The number of benzene rings is 2. The lowest BCUT2D eigenvalue weighted by Gasteiger charge is -2.31. The molecule has 4 amide bonds. The molecular formula is C24H25N7O5. The third-order valence-corrected chi connectivity index (χ3v) is 6.33. The lowest BCUT2D eigenvalue weighted by atomic mass is 9.91. The Kier molecular flexibility index (Phi) is 6.00. The summed E-state index contributed by atoms with van der Waals surface area (Å²) in [5.41, 5.74) is -0.172. The third-order valence-electron chi connectivity index (χ3n) is 6.33. The number of nitrogens with zero attached hydrogens (tertiary/aromatic N) is 6. The van der Waals surface area contributed by atoms with Gasteiger partial charge in [0.2, 0.25) is 5.91 Å². The van der Waals surface area contributed by atoms with E-state index < -0.39 is 17.5 Å². The Morgan fingerprint density at radius 2 is 2.00 bits per heavy atom. The van der Waals surface area contributed by atoms with Gasteiger partial charge in [-0.1, -0.05) is 24.3 Å². The first-order valence-corrected chi connectivity index (χ1v) is 11.5. The number of rotatable bonds is 7. The average molecular weight is 492 g/mol. The fraction of sp³-hybridized carbons (Fsp3) is 0.333. The van der Waals surface area contributed by atoms with E-state index in [0.29, 0.717) is 35.9 Å². The second-order valence-corrected chi connectivity index (χ2v) is 8.68. The maximum atomic E-state index is 13.4. The minimum Gasteiger partial charge on any atom is -0.486 e. The van der Waals surface area contributed by atoms with Crippen molar-refractivity contribution in [3.63, 3.8) is 0 Å². The van der Waals surface area contributed by atoms with Crippen LogP contribution in [0.2, 0.25) is 0 Å². The van der Waals surface area contributed by atoms with Gasteiger partial charge in [-0.3, -0.25) is 14.5 Å². The van der Waals surface area contributed by atoms with E-state index in [1.807, 2.05) is 31.2 Å². The predicted molar refractivity (Wildman–Crippen MR) is 125 cm³/mol. The SMILES string of the molecule is CCN(C[C@H]1COc2ccccc2O1)C(=O)CN1C(=O)N[C@@](C)(c2cccc(-n3cnnn3)c2)C1=O. The van der Waals surface area contributed by atoms with Crippen molar-refractivity contribution in [2.24, 2.45) is 0 Å². The summed E-state index contributed by atoms with van der Waals surface area (Å²) in [4.78, 5) is 41.8. The molecule has 1 N–H and O–H groups in total. The number of tetrazole rings is 1. The molecule has 12 heteroatoms. The number of carbonyl (C=O) groups excluding carboxylic acids is 3. The Labute approximate surface area is 206 Å². The van der Waals surface area contributed by atoms with Crippen LogP contribution in [0.15, 0.2) is 54.9 Å². The van der Waals surface area contributed by atoms with Gasteiger partial charge < -0.3 is 19.7 Å². The summed E-state index contributed by atoms with van der Waals surface area (Å²) in [6.45, 7) is 3.99. The smallest absolute Gasteiger partial charge is 0.325 e. The molecular weight excluding hydrogens is 466 g/mol. The first kappa shape index (κ1) is 23.3. The zero-order valence-electron chi connectivity index (χ0n) is 19.8. The van der Waals surface area contributed by atoms with Gasteiger partial charge in [-0.15, -0.1) is 5.10 Å². The van der Waals surface area contributed by atoms with Crippen LogP contribution in [0.3, 0.4) is 0 Å². The van der Waals surface area contributed by atoms with Crippen LogP contribution in [0.5, 0.6) is 11.5 Å². The molecule has 12 nitrogen and oxygen atoms in total. The Hall–Kier alpha value is -4.48. The van der Waals surface area contributed by atoms with Crippen molar-refractivity contribution < 1.29 is 23.9 Å². The van der Waals surface area contributed by atoms with Crippen LogP contribution in [-0.4, -0.2) is 80.2 Å². The zero-order valence-corrected chi connectivity index (χ0v) is 19.8. The molecule has 0 bridgehead atoms. The van der Waals surface area contributed by atoms with E-state index >= 15 is 0 Å². The minimum absolute atomic E-state index is 0.262. The molecule has 2 atom stereocenters. The van der Waals surface area contributed by atoms with Gasteiger partial charge in [0.15, 0.2) is 17.6 Å². The molecule has 1 aromatic heterocycles. The van der Waals surface area contributed by atoms with E-state index in [1.165, 1.54) is 11.0 Å². The summed E-state index contributed by atoms with van der Waals surface area (Å²) in [6.07, 6.45) is 1.06. The van der Waals surface area contributed by atoms with Crippen molar-refractivity contribution in [2.75, 3.05) is 26.2 Å². The molecule has 3 aromatic rings. The number of ether oxygens (including phenoxy) is 2. The number of hydrogen-bond acceptors (Lipinski definition) is 8. The number of para-hydroxylation sites is 2. The first-order valence-electron chi connectivity index (χ1n) is 11.5. The normalized spacial score (nSPS) is 20.8. The topological polar surface area (TPSA) is 132 Å². The molecule has 1 fully saturated rings. The second kappa shape index (κ2) is 9.29. The van der Waals surface area contributed by atoms with Crippen LogP contribution in [0.25, 0.3) is 5.69 Å². The molecule has 186 valence electrons. The maximum Gasteiger partial charge on any atom is 0.325 e. The van der Waals surface area contributed by atoms with Gasteiger partial charge in [0, 0.05) is 6.54 Å². The molecule has 0 radical (unpaired) electrons. The van der Waals surface area contributed by atoms with Gasteiger partial charge in [0.1, 0.15) is 25.0 Å². The molecule has 0 unspecified atom stereocenters. The highest BCUT2D eigenvalue weighted by molar-refractivity contribution is 6.09. The Morgan fingerprint density at radius 3 is 2.75 bits per heavy atom. The van der Waals surface area contributed by atoms with Gasteiger partial charge >= 0.3 is 6.03 Å². The monoisotopic (exact) mass is 491 g/mol. The van der Waals surface area contributed by atoms with E-state index in [9.17, 15) is 14.4 Å². The van der Waals surface area contributed by atoms with Gasteiger partial charge in [0.25, 0.3) is 5.91 Å². The molecule has 0 aliphatic carbocycles. The highest BCUT2D eigenvalue weighted by atomic mass is 16.6. The fourth-order valence-corrected chi connectivity index (χ4v) is 4.32. The number of aromatic nitrogens is 4. The van der Waals surface area contributed by atoms with Crippen LogP contribution >= 0.6 is 0 Å². The van der Waals surface area contributed by atoms with E-state index in [1.54, 1.807) is 36.1 Å². The van der Waals surface area contributed by atoms with Gasteiger partial charge in [-0.05, 0) is 54.1 Å². The summed E-state index contributed by atoms with van der Waals surface area (Å²) >= 11 is 0. The number of fused-ring (bicyclic) bond motifs is 1. The molecule has 1 saturated heterocycles. The lowest BCUT2D eigenvalue weighted by Crippen LogP contribution is -2.48. The summed E-state index contributed by atoms with van der Waals surface area (Å²) < 4.78 is 13.1. The van der Waals surface area contributed by atoms with Crippen molar-refractivity contribution in [1.29, 1.82) is 0 Å². The number of carbonyl (C=O) groups is 3. The molecule has 2 aromatic carbocycles. The summed E-state index contributed by atoms with van der Waals surface area (Å²) in [5, 5.41) is 13.8. The van der Waals surface area contributed by atoms with Crippen molar-refractivity contribution in [3.8, 4) is 17.2 Å². The lowest BCUT2D eigenvalue weighted by molar-refractivity contribution is -0.139. The summed E-state index contributed by atoms with van der Waals surface area (Å²) in [7, 11) is 0. The molecule has 0 spiro atoms. The highest BCUT2D eigenvalue weighted by Crippen LogP contribution is 2.32. The molecule has 5 rings (SSSR count). The van der Waals surface area contributed by atoms with Gasteiger partial charge in [0.05, 0.1) is 12.2 Å². The van der Waals surface area contributed by atoms with E-state index in [4.69, 9.17) is 9.47 Å². The zero-order chi connectivity index (χ0) is 25.3. The molecule has 3 heterocycles. The Bertz CT molecular complexity index is 1300. The van der Waals surface area contributed by atoms with Crippen LogP contribution in [0, 0.1) is 0 Å². The maximum absolute atomic E-state index is 13.4. The standard InChI is InChI=1S/C24H25N7O5/c1-3-29(12-18-14-35-19-9-4-5-10-20(19)36-18)21(32)13-30-22(33)24(2,26-23(30)34)16-7-6-8-17(11-16)31-15-25-27-28-31/h4-11,15,18H,3,12-14H2,1-2H3,(H,26,34)/t18-,24-/m0/s1. The van der Waals surface area contributed by atoms with E-state index in [-0.39, 0.29) is 25.1 Å². The Balaban J connectivity index is 1.28. The van der Waals surface area contributed by atoms with E-state index in [0.717, 1.165) is 4.90 Å². The van der Waals surface area contributed by atoms with Crippen molar-refractivity contribution in [3.05, 3.63) is 60.4 Å².